The minimum Gasteiger partial charge on any atom is -0.493 e. The quantitative estimate of drug-likeness (QED) is 0.877. The molecule has 23 heavy (non-hydrogen) atoms. The third kappa shape index (κ3) is 3.67. The number of aryl methyl sites for hydroxylation is 1. The molecule has 1 atom stereocenters. The van der Waals surface area contributed by atoms with Gasteiger partial charge < -0.3 is 14.8 Å². The van der Waals surface area contributed by atoms with Crippen molar-refractivity contribution < 1.29 is 9.47 Å². The Morgan fingerprint density at radius 1 is 1.04 bits per heavy atom. The Bertz CT molecular complexity index is 640. The summed E-state index contributed by atoms with van der Waals surface area (Å²) in [5.41, 5.74) is 4.14. The van der Waals surface area contributed by atoms with Gasteiger partial charge in [0.15, 0.2) is 11.5 Å². The van der Waals surface area contributed by atoms with Gasteiger partial charge in [-0.25, -0.2) is 0 Å². The topological polar surface area (TPSA) is 30.5 Å². The number of fused-ring (bicyclic) bond motifs is 1. The van der Waals surface area contributed by atoms with Crippen LogP contribution in [0, 0.1) is 0 Å². The van der Waals surface area contributed by atoms with E-state index in [4.69, 9.17) is 9.47 Å². The van der Waals surface area contributed by atoms with E-state index in [9.17, 15) is 0 Å². The fraction of sp³-hybridized carbons (Fsp3) is 0.400. The Morgan fingerprint density at radius 3 is 2.52 bits per heavy atom. The molecular weight excluding hydrogens is 286 g/mol. The van der Waals surface area contributed by atoms with Crippen LogP contribution in [0.2, 0.25) is 0 Å². The number of hydrogen-bond donors (Lipinski definition) is 1. The molecule has 0 fully saturated rings. The van der Waals surface area contributed by atoms with Crippen molar-refractivity contribution in [3.63, 3.8) is 0 Å². The van der Waals surface area contributed by atoms with Crippen molar-refractivity contribution in [1.29, 1.82) is 0 Å². The monoisotopic (exact) mass is 311 g/mol. The molecule has 0 saturated carbocycles. The van der Waals surface area contributed by atoms with Crippen molar-refractivity contribution >= 4 is 0 Å². The van der Waals surface area contributed by atoms with Crippen molar-refractivity contribution in [2.45, 2.75) is 31.7 Å². The summed E-state index contributed by atoms with van der Waals surface area (Å²) in [5, 5.41) is 3.61. The van der Waals surface area contributed by atoms with Gasteiger partial charge in [-0.3, -0.25) is 0 Å². The predicted octanol–water partition coefficient (Wildman–Crippen LogP) is 3.91. The van der Waals surface area contributed by atoms with Gasteiger partial charge in [0.1, 0.15) is 0 Å². The van der Waals surface area contributed by atoms with E-state index in [0.717, 1.165) is 31.0 Å². The van der Waals surface area contributed by atoms with Crippen molar-refractivity contribution in [2.75, 3.05) is 20.8 Å². The van der Waals surface area contributed by atoms with Gasteiger partial charge in [0, 0.05) is 13.1 Å². The molecule has 122 valence electrons. The number of methoxy groups -OCH3 is 2. The number of benzene rings is 2. The lowest BCUT2D eigenvalue weighted by atomic mass is 9.82. The second kappa shape index (κ2) is 7.51. The van der Waals surface area contributed by atoms with Crippen LogP contribution in [-0.4, -0.2) is 20.8 Å². The molecule has 3 heteroatoms. The molecule has 0 heterocycles. The third-order valence-electron chi connectivity index (χ3n) is 4.65. The molecule has 3 rings (SSSR count). The van der Waals surface area contributed by atoms with E-state index >= 15 is 0 Å². The van der Waals surface area contributed by atoms with Crippen LogP contribution in [0.3, 0.4) is 0 Å². The van der Waals surface area contributed by atoms with Gasteiger partial charge in [0.25, 0.3) is 0 Å². The van der Waals surface area contributed by atoms with Crippen LogP contribution < -0.4 is 14.8 Å². The van der Waals surface area contributed by atoms with E-state index in [-0.39, 0.29) is 0 Å². The van der Waals surface area contributed by atoms with Crippen molar-refractivity contribution in [2.24, 2.45) is 0 Å². The van der Waals surface area contributed by atoms with Crippen LogP contribution in [0.5, 0.6) is 11.5 Å². The van der Waals surface area contributed by atoms with Crippen LogP contribution in [0.4, 0.5) is 0 Å². The Balaban J connectivity index is 1.70. The van der Waals surface area contributed by atoms with Gasteiger partial charge in [-0.05, 0) is 54.0 Å². The normalized spacial score (nSPS) is 16.7. The van der Waals surface area contributed by atoms with Gasteiger partial charge in [0.2, 0.25) is 0 Å². The maximum absolute atomic E-state index is 5.48. The summed E-state index contributed by atoms with van der Waals surface area (Å²) in [4.78, 5) is 0. The average molecular weight is 311 g/mol. The first-order chi connectivity index (χ1) is 11.3. The van der Waals surface area contributed by atoms with Gasteiger partial charge in [-0.15, -0.1) is 0 Å². The zero-order valence-corrected chi connectivity index (χ0v) is 14.0. The molecule has 3 nitrogen and oxygen atoms in total. The van der Waals surface area contributed by atoms with Gasteiger partial charge in [-0.1, -0.05) is 30.3 Å². The maximum Gasteiger partial charge on any atom is 0.161 e. The molecule has 0 radical (unpaired) electrons. The lowest BCUT2D eigenvalue weighted by Crippen LogP contribution is -2.24. The van der Waals surface area contributed by atoms with Crippen LogP contribution in [0.15, 0.2) is 42.5 Å². The largest absolute Gasteiger partial charge is 0.493 e. The fourth-order valence-electron chi connectivity index (χ4n) is 3.43. The van der Waals surface area contributed by atoms with E-state index in [1.165, 1.54) is 29.5 Å². The summed E-state index contributed by atoms with van der Waals surface area (Å²) in [7, 11) is 3.40. The highest BCUT2D eigenvalue weighted by atomic mass is 16.5. The standard InChI is InChI=1S/C20H25NO2/c1-22-19-11-16-9-6-10-17(18(16)12-20(19)23-2)14-21-13-15-7-4-3-5-8-15/h3-5,7-8,11-12,17,21H,6,9-10,13-14H2,1-2H3. The van der Waals surface area contributed by atoms with Gasteiger partial charge in [-0.2, -0.15) is 0 Å². The van der Waals surface area contributed by atoms with Crippen molar-refractivity contribution in [3.8, 4) is 11.5 Å². The molecule has 0 bridgehead atoms. The minimum absolute atomic E-state index is 0.544. The number of hydrogen-bond acceptors (Lipinski definition) is 3. The average Bonchev–Trinajstić information content (AvgIpc) is 2.61. The summed E-state index contributed by atoms with van der Waals surface area (Å²) < 4.78 is 10.9. The summed E-state index contributed by atoms with van der Waals surface area (Å²) in [5.74, 6) is 2.22. The Labute approximate surface area is 138 Å². The lowest BCUT2D eigenvalue weighted by molar-refractivity contribution is 0.352. The highest BCUT2D eigenvalue weighted by Gasteiger charge is 2.22. The van der Waals surface area contributed by atoms with E-state index in [1.807, 2.05) is 0 Å². The molecule has 1 aliphatic carbocycles. The van der Waals surface area contributed by atoms with E-state index in [1.54, 1.807) is 14.2 Å². The number of rotatable bonds is 6. The molecule has 1 unspecified atom stereocenters. The lowest BCUT2D eigenvalue weighted by Gasteiger charge is -2.27. The fourth-order valence-corrected chi connectivity index (χ4v) is 3.43. The predicted molar refractivity (Wildman–Crippen MR) is 93.4 cm³/mol. The SMILES string of the molecule is COc1cc2c(cc1OC)C(CNCc1ccccc1)CCC2. The molecule has 2 aromatic carbocycles. The van der Waals surface area contributed by atoms with Crippen LogP contribution >= 0.6 is 0 Å². The van der Waals surface area contributed by atoms with E-state index in [2.05, 4.69) is 47.8 Å². The van der Waals surface area contributed by atoms with Crippen LogP contribution in [0.25, 0.3) is 0 Å². The number of ether oxygens (including phenoxy) is 2. The van der Waals surface area contributed by atoms with Crippen molar-refractivity contribution in [3.05, 3.63) is 59.2 Å². The molecule has 0 amide bonds. The molecule has 0 spiro atoms. The molecule has 0 aromatic heterocycles. The zero-order chi connectivity index (χ0) is 16.1. The smallest absolute Gasteiger partial charge is 0.161 e. The van der Waals surface area contributed by atoms with Crippen molar-refractivity contribution in [1.82, 2.24) is 5.32 Å². The van der Waals surface area contributed by atoms with E-state index < -0.39 is 0 Å². The first kappa shape index (κ1) is 15.9. The third-order valence-corrected chi connectivity index (χ3v) is 4.65. The van der Waals surface area contributed by atoms with E-state index in [0.29, 0.717) is 5.92 Å². The summed E-state index contributed by atoms with van der Waals surface area (Å²) in [6, 6.07) is 14.9. The summed E-state index contributed by atoms with van der Waals surface area (Å²) in [6.07, 6.45) is 3.59. The second-order valence-corrected chi connectivity index (χ2v) is 6.11. The molecule has 0 saturated heterocycles. The minimum atomic E-state index is 0.544. The van der Waals surface area contributed by atoms with Crippen LogP contribution in [0.1, 0.15) is 35.4 Å². The molecule has 1 aliphatic rings. The summed E-state index contributed by atoms with van der Waals surface area (Å²) >= 11 is 0. The Morgan fingerprint density at radius 2 is 1.78 bits per heavy atom. The van der Waals surface area contributed by atoms with Gasteiger partial charge >= 0.3 is 0 Å². The Kier molecular flexibility index (Phi) is 5.19. The summed E-state index contributed by atoms with van der Waals surface area (Å²) in [6.45, 7) is 1.91. The number of nitrogens with one attached hydrogen (secondary N) is 1. The first-order valence-corrected chi connectivity index (χ1v) is 8.31. The Hall–Kier alpha value is -2.00. The highest BCUT2D eigenvalue weighted by Crippen LogP contribution is 2.38. The molecule has 2 aromatic rings. The molecular formula is C20H25NO2. The molecule has 0 aliphatic heterocycles. The highest BCUT2D eigenvalue weighted by molar-refractivity contribution is 5.49. The molecule has 1 N–H and O–H groups in total. The second-order valence-electron chi connectivity index (χ2n) is 6.11. The zero-order valence-electron chi connectivity index (χ0n) is 14.0. The first-order valence-electron chi connectivity index (χ1n) is 8.31. The van der Waals surface area contributed by atoms with Gasteiger partial charge in [0.05, 0.1) is 14.2 Å². The maximum atomic E-state index is 5.48. The van der Waals surface area contributed by atoms with Crippen LogP contribution in [-0.2, 0) is 13.0 Å².